The number of fused-ring (bicyclic) bond motifs is 1. The molecule has 5 nitrogen and oxygen atoms in total. The van der Waals surface area contributed by atoms with E-state index in [2.05, 4.69) is 15.1 Å². The molecule has 15 heavy (non-hydrogen) atoms. The second kappa shape index (κ2) is 2.84. The molecule has 2 N–H and O–H groups in total. The first-order chi connectivity index (χ1) is 7.33. The van der Waals surface area contributed by atoms with E-state index in [-0.39, 0.29) is 5.69 Å². The lowest BCUT2D eigenvalue weighted by Crippen LogP contribution is -1.99. The molecule has 1 aromatic carbocycles. The van der Waals surface area contributed by atoms with Crippen LogP contribution in [0.5, 0.6) is 0 Å². The lowest BCUT2D eigenvalue weighted by Gasteiger charge is -1.94. The summed E-state index contributed by atoms with van der Waals surface area (Å²) < 4.78 is 5.02. The van der Waals surface area contributed by atoms with E-state index in [0.29, 0.717) is 5.76 Å². The van der Waals surface area contributed by atoms with E-state index in [0.717, 1.165) is 16.6 Å². The van der Waals surface area contributed by atoms with Crippen LogP contribution >= 0.6 is 0 Å². The van der Waals surface area contributed by atoms with Crippen molar-refractivity contribution in [3.8, 4) is 11.3 Å². The van der Waals surface area contributed by atoms with E-state index in [4.69, 9.17) is 4.52 Å². The van der Waals surface area contributed by atoms with Crippen LogP contribution in [0.1, 0.15) is 0 Å². The first-order valence-corrected chi connectivity index (χ1v) is 4.46. The average Bonchev–Trinajstić information content (AvgIpc) is 2.82. The number of nitrogens with zero attached hydrogens (tertiary/aromatic N) is 1. The molecule has 0 aliphatic heterocycles. The molecule has 2 heterocycles. The summed E-state index contributed by atoms with van der Waals surface area (Å²) in [7, 11) is 0. The molecule has 0 spiro atoms. The fourth-order valence-electron chi connectivity index (χ4n) is 1.55. The van der Waals surface area contributed by atoms with Crippen molar-refractivity contribution in [2.75, 3.05) is 0 Å². The van der Waals surface area contributed by atoms with Crippen LogP contribution in [0.25, 0.3) is 22.4 Å². The van der Waals surface area contributed by atoms with Crippen molar-refractivity contribution in [2.45, 2.75) is 0 Å². The first kappa shape index (κ1) is 8.05. The smallest absolute Gasteiger partial charge is 0.323 e. The highest BCUT2D eigenvalue weighted by atomic mass is 16.5. The van der Waals surface area contributed by atoms with E-state index in [1.54, 1.807) is 12.3 Å². The minimum absolute atomic E-state index is 0.209. The maximum Gasteiger partial charge on any atom is 0.323 e. The van der Waals surface area contributed by atoms with Crippen molar-refractivity contribution in [1.82, 2.24) is 15.1 Å². The molecule has 0 aliphatic carbocycles. The minimum Gasteiger partial charge on any atom is -0.356 e. The van der Waals surface area contributed by atoms with Crippen molar-refractivity contribution < 1.29 is 4.52 Å². The minimum atomic E-state index is -0.209. The lowest BCUT2D eigenvalue weighted by atomic mass is 10.1. The Kier molecular flexibility index (Phi) is 1.53. The number of H-pyrrole nitrogens is 2. The van der Waals surface area contributed by atoms with Crippen molar-refractivity contribution in [2.24, 2.45) is 0 Å². The molecule has 3 rings (SSSR count). The fraction of sp³-hybridized carbons (Fsp3) is 0. The molecule has 2 aromatic heterocycles. The van der Waals surface area contributed by atoms with Crippen LogP contribution in [0.4, 0.5) is 0 Å². The third kappa shape index (κ3) is 1.25. The third-order valence-corrected chi connectivity index (χ3v) is 2.24. The zero-order chi connectivity index (χ0) is 10.3. The van der Waals surface area contributed by atoms with Gasteiger partial charge < -0.3 is 14.5 Å². The van der Waals surface area contributed by atoms with Crippen LogP contribution in [-0.4, -0.2) is 15.1 Å². The zero-order valence-electron chi connectivity index (χ0n) is 7.65. The molecule has 0 aliphatic rings. The number of aromatic amines is 2. The molecule has 0 unspecified atom stereocenters. The van der Waals surface area contributed by atoms with E-state index in [9.17, 15) is 4.79 Å². The predicted octanol–water partition coefficient (Wildman–Crippen LogP) is 1.51. The van der Waals surface area contributed by atoms with Crippen LogP contribution in [0, 0.1) is 0 Å². The van der Waals surface area contributed by atoms with Gasteiger partial charge in [-0.25, -0.2) is 4.79 Å². The average molecular weight is 201 g/mol. The Balaban J connectivity index is 2.26. The Morgan fingerprint density at radius 2 is 2.00 bits per heavy atom. The summed E-state index contributed by atoms with van der Waals surface area (Å²) in [5.41, 5.74) is 2.21. The van der Waals surface area contributed by atoms with Crippen LogP contribution in [-0.2, 0) is 0 Å². The van der Waals surface area contributed by atoms with E-state index in [1.807, 2.05) is 18.2 Å². The van der Waals surface area contributed by atoms with Gasteiger partial charge in [0.15, 0.2) is 5.76 Å². The molecule has 0 saturated heterocycles. The largest absolute Gasteiger partial charge is 0.356 e. The summed E-state index contributed by atoms with van der Waals surface area (Å²) in [5.74, 6) is 0.680. The van der Waals surface area contributed by atoms with Gasteiger partial charge in [0.05, 0.1) is 17.2 Å². The van der Waals surface area contributed by atoms with Gasteiger partial charge in [0.1, 0.15) is 0 Å². The van der Waals surface area contributed by atoms with Gasteiger partial charge in [0.25, 0.3) is 0 Å². The number of hydrogen-bond acceptors (Lipinski definition) is 3. The maximum atomic E-state index is 11.0. The summed E-state index contributed by atoms with van der Waals surface area (Å²) >= 11 is 0. The van der Waals surface area contributed by atoms with Gasteiger partial charge in [0.2, 0.25) is 0 Å². The highest BCUT2D eigenvalue weighted by Gasteiger charge is 2.04. The van der Waals surface area contributed by atoms with E-state index in [1.165, 1.54) is 0 Å². The normalized spacial score (nSPS) is 10.9. The molecule has 0 bridgehead atoms. The molecular weight excluding hydrogens is 194 g/mol. The van der Waals surface area contributed by atoms with Crippen molar-refractivity contribution in [3.63, 3.8) is 0 Å². The van der Waals surface area contributed by atoms with Gasteiger partial charge in [-0.3, -0.25) is 0 Å². The second-order valence-electron chi connectivity index (χ2n) is 3.22. The topological polar surface area (TPSA) is 74.7 Å². The molecular formula is C10H7N3O2. The van der Waals surface area contributed by atoms with Gasteiger partial charge in [-0.15, -0.1) is 0 Å². The Bertz CT molecular complexity index is 649. The van der Waals surface area contributed by atoms with Crippen molar-refractivity contribution in [1.29, 1.82) is 0 Å². The van der Waals surface area contributed by atoms with Gasteiger partial charge >= 0.3 is 5.69 Å². The Morgan fingerprint density at radius 3 is 2.80 bits per heavy atom. The number of benzene rings is 1. The van der Waals surface area contributed by atoms with Gasteiger partial charge in [-0.2, -0.15) is 0 Å². The fourth-order valence-corrected chi connectivity index (χ4v) is 1.55. The van der Waals surface area contributed by atoms with Gasteiger partial charge in [0, 0.05) is 11.6 Å². The molecule has 0 amide bonds. The van der Waals surface area contributed by atoms with Gasteiger partial charge in [-0.05, 0) is 18.2 Å². The maximum absolute atomic E-state index is 11.0. The standard InChI is InChI=1S/C10H7N3O2/c14-10-12-7-2-1-6(5-8(7)13-10)9-3-4-11-15-9/h1-5H,(H2,12,13,14). The summed E-state index contributed by atoms with van der Waals surface area (Å²) in [6.07, 6.45) is 1.58. The summed E-state index contributed by atoms with van der Waals surface area (Å²) in [4.78, 5) is 16.4. The molecule has 0 saturated carbocycles. The number of aromatic nitrogens is 3. The molecule has 0 fully saturated rings. The third-order valence-electron chi connectivity index (χ3n) is 2.24. The molecule has 0 atom stereocenters. The Hall–Kier alpha value is -2.30. The van der Waals surface area contributed by atoms with Crippen LogP contribution in [0.15, 0.2) is 39.8 Å². The highest BCUT2D eigenvalue weighted by Crippen LogP contribution is 2.21. The number of nitrogens with one attached hydrogen (secondary N) is 2. The predicted molar refractivity (Wildman–Crippen MR) is 54.4 cm³/mol. The van der Waals surface area contributed by atoms with Gasteiger partial charge in [-0.1, -0.05) is 5.16 Å². The van der Waals surface area contributed by atoms with Crippen molar-refractivity contribution in [3.05, 3.63) is 40.9 Å². The summed E-state index contributed by atoms with van der Waals surface area (Å²) in [5, 5.41) is 3.63. The van der Waals surface area contributed by atoms with Crippen LogP contribution < -0.4 is 5.69 Å². The molecule has 74 valence electrons. The molecule has 5 heteroatoms. The van der Waals surface area contributed by atoms with Crippen LogP contribution in [0.2, 0.25) is 0 Å². The highest BCUT2D eigenvalue weighted by molar-refractivity contribution is 5.80. The SMILES string of the molecule is O=c1[nH]c2ccc(-c3ccno3)cc2[nH]1. The van der Waals surface area contributed by atoms with E-state index < -0.39 is 0 Å². The second-order valence-corrected chi connectivity index (χ2v) is 3.22. The molecule has 3 aromatic rings. The Labute approximate surface area is 83.7 Å². The monoisotopic (exact) mass is 201 g/mol. The quantitative estimate of drug-likeness (QED) is 0.626. The first-order valence-electron chi connectivity index (χ1n) is 4.46. The van der Waals surface area contributed by atoms with Crippen molar-refractivity contribution >= 4 is 11.0 Å². The number of hydrogen-bond donors (Lipinski definition) is 2. The summed E-state index contributed by atoms with van der Waals surface area (Å²) in [6.45, 7) is 0. The number of imidazole rings is 1. The number of rotatable bonds is 1. The Morgan fingerprint density at radius 1 is 1.13 bits per heavy atom. The van der Waals surface area contributed by atoms with Crippen LogP contribution in [0.3, 0.4) is 0 Å². The van der Waals surface area contributed by atoms with E-state index >= 15 is 0 Å². The lowest BCUT2D eigenvalue weighted by molar-refractivity contribution is 0.432. The zero-order valence-corrected chi connectivity index (χ0v) is 7.65. The molecule has 0 radical (unpaired) electrons. The summed E-state index contributed by atoms with van der Waals surface area (Å²) in [6, 6.07) is 7.30.